The lowest BCUT2D eigenvalue weighted by Gasteiger charge is -2.23. The molecule has 1 aromatic heterocycles. The van der Waals surface area contributed by atoms with E-state index in [4.69, 9.17) is 10.00 Å². The Kier molecular flexibility index (Phi) is 4.37. The quantitative estimate of drug-likeness (QED) is 0.861. The lowest BCUT2D eigenvalue weighted by molar-refractivity contribution is -0.138. The normalized spacial score (nSPS) is 19.6. The van der Waals surface area contributed by atoms with Crippen LogP contribution >= 0.6 is 11.8 Å². The van der Waals surface area contributed by atoms with Crippen LogP contribution in [0.5, 0.6) is 0 Å². The molecule has 5 nitrogen and oxygen atoms in total. The molecule has 1 unspecified atom stereocenters. The van der Waals surface area contributed by atoms with Gasteiger partial charge in [0.25, 0.3) is 0 Å². The number of hydrogen-bond acceptors (Lipinski definition) is 5. The van der Waals surface area contributed by atoms with Gasteiger partial charge in [0.1, 0.15) is 11.5 Å². The Hall–Kier alpha value is -1.50. The number of rotatable bonds is 2. The van der Waals surface area contributed by atoms with Crippen LogP contribution in [0.25, 0.3) is 0 Å². The average molecular weight is 305 g/mol. The molecule has 0 spiro atoms. The molecular formula is C11H10F3N3O2S. The molecule has 2 N–H and O–H groups in total. The van der Waals surface area contributed by atoms with Crippen LogP contribution in [0.15, 0.2) is 15.9 Å². The first-order valence-electron chi connectivity index (χ1n) is 5.65. The van der Waals surface area contributed by atoms with E-state index in [1.807, 2.05) is 0 Å². The maximum Gasteiger partial charge on any atom is 0.417 e. The molecule has 1 fully saturated rings. The zero-order valence-electron chi connectivity index (χ0n) is 10.1. The van der Waals surface area contributed by atoms with E-state index in [9.17, 15) is 18.0 Å². The molecule has 2 heterocycles. The number of ether oxygens (including phenoxy) is 1. The summed E-state index contributed by atoms with van der Waals surface area (Å²) >= 11 is 0.897. The Morgan fingerprint density at radius 1 is 1.50 bits per heavy atom. The highest BCUT2D eigenvalue weighted by molar-refractivity contribution is 7.99. The minimum Gasteiger partial charge on any atom is -0.365 e. The smallest absolute Gasteiger partial charge is 0.365 e. The topological polar surface area (TPSA) is 77.9 Å². The van der Waals surface area contributed by atoms with Gasteiger partial charge in [0, 0.05) is 19.2 Å². The van der Waals surface area contributed by atoms with Gasteiger partial charge in [-0.05, 0) is 0 Å². The fourth-order valence-corrected chi connectivity index (χ4v) is 2.77. The van der Waals surface area contributed by atoms with Crippen LogP contribution < -0.4 is 10.9 Å². The van der Waals surface area contributed by atoms with Gasteiger partial charge in [0.15, 0.2) is 0 Å². The van der Waals surface area contributed by atoms with Crippen molar-refractivity contribution in [2.45, 2.75) is 16.6 Å². The summed E-state index contributed by atoms with van der Waals surface area (Å²) in [4.78, 5) is 13.6. The molecule has 1 aliphatic heterocycles. The number of nitrogens with zero attached hydrogens (tertiary/aromatic N) is 1. The summed E-state index contributed by atoms with van der Waals surface area (Å²) < 4.78 is 43.8. The van der Waals surface area contributed by atoms with E-state index in [-0.39, 0.29) is 5.03 Å². The highest BCUT2D eigenvalue weighted by Crippen LogP contribution is 2.35. The van der Waals surface area contributed by atoms with Gasteiger partial charge in [-0.15, -0.1) is 0 Å². The van der Waals surface area contributed by atoms with E-state index in [1.165, 1.54) is 6.07 Å². The van der Waals surface area contributed by atoms with Gasteiger partial charge in [-0.2, -0.15) is 18.4 Å². The van der Waals surface area contributed by atoms with E-state index in [2.05, 4.69) is 10.3 Å². The SMILES string of the molecule is N#Cc1c(C(F)(F)F)cc(=O)[nH]c1SC1CNCCO1. The minimum absolute atomic E-state index is 0.124. The third kappa shape index (κ3) is 3.33. The number of pyridine rings is 1. The average Bonchev–Trinajstić information content (AvgIpc) is 2.38. The first-order chi connectivity index (χ1) is 9.41. The summed E-state index contributed by atoms with van der Waals surface area (Å²) in [6, 6.07) is 1.89. The van der Waals surface area contributed by atoms with Gasteiger partial charge >= 0.3 is 6.18 Å². The molecule has 0 aliphatic carbocycles. The predicted molar refractivity (Wildman–Crippen MR) is 65.2 cm³/mol. The van der Waals surface area contributed by atoms with Crippen molar-refractivity contribution in [1.82, 2.24) is 10.3 Å². The van der Waals surface area contributed by atoms with Crippen molar-refractivity contribution in [3.63, 3.8) is 0 Å². The number of nitrogens with one attached hydrogen (secondary N) is 2. The second kappa shape index (κ2) is 5.87. The summed E-state index contributed by atoms with van der Waals surface area (Å²) in [7, 11) is 0. The van der Waals surface area contributed by atoms with Crippen LogP contribution in [-0.4, -0.2) is 30.1 Å². The third-order valence-electron chi connectivity index (χ3n) is 2.57. The van der Waals surface area contributed by atoms with Crippen LogP contribution in [0.2, 0.25) is 0 Å². The van der Waals surface area contributed by atoms with Crippen molar-refractivity contribution in [1.29, 1.82) is 5.26 Å². The number of halogens is 3. The van der Waals surface area contributed by atoms with Crippen molar-refractivity contribution >= 4 is 11.8 Å². The first-order valence-corrected chi connectivity index (χ1v) is 6.53. The molecule has 9 heteroatoms. The monoisotopic (exact) mass is 305 g/mol. The lowest BCUT2D eigenvalue weighted by Crippen LogP contribution is -2.36. The van der Waals surface area contributed by atoms with E-state index in [0.717, 1.165) is 11.8 Å². The van der Waals surface area contributed by atoms with Gasteiger partial charge in [-0.1, -0.05) is 11.8 Å². The molecular weight excluding hydrogens is 295 g/mol. The Labute approximate surface area is 116 Å². The summed E-state index contributed by atoms with van der Waals surface area (Å²) in [5, 5.41) is 11.8. The van der Waals surface area contributed by atoms with E-state index in [1.54, 1.807) is 0 Å². The van der Waals surface area contributed by atoms with Crippen molar-refractivity contribution in [3.8, 4) is 6.07 Å². The number of aromatic amines is 1. The Balaban J connectivity index is 2.39. The van der Waals surface area contributed by atoms with Crippen molar-refractivity contribution in [2.24, 2.45) is 0 Å². The van der Waals surface area contributed by atoms with Gasteiger partial charge in [0.2, 0.25) is 5.56 Å². The van der Waals surface area contributed by atoms with E-state index < -0.39 is 28.3 Å². The third-order valence-corrected chi connectivity index (χ3v) is 3.68. The first kappa shape index (κ1) is 14.9. The second-order valence-electron chi connectivity index (χ2n) is 3.98. The molecule has 1 atom stereocenters. The highest BCUT2D eigenvalue weighted by atomic mass is 32.2. The molecule has 2 rings (SSSR count). The summed E-state index contributed by atoms with van der Waals surface area (Å²) in [6.07, 6.45) is -4.75. The summed E-state index contributed by atoms with van der Waals surface area (Å²) in [6.45, 7) is 1.50. The van der Waals surface area contributed by atoms with Crippen molar-refractivity contribution in [3.05, 3.63) is 27.5 Å². The number of H-pyrrole nitrogens is 1. The summed E-state index contributed by atoms with van der Waals surface area (Å²) in [5.41, 5.74) is -3.16. The molecule has 1 saturated heterocycles. The van der Waals surface area contributed by atoms with Crippen LogP contribution in [0, 0.1) is 11.3 Å². The Morgan fingerprint density at radius 3 is 2.80 bits per heavy atom. The zero-order chi connectivity index (χ0) is 14.8. The molecule has 20 heavy (non-hydrogen) atoms. The van der Waals surface area contributed by atoms with Crippen molar-refractivity contribution in [2.75, 3.05) is 19.7 Å². The van der Waals surface area contributed by atoms with Crippen LogP contribution in [0.1, 0.15) is 11.1 Å². The van der Waals surface area contributed by atoms with Crippen LogP contribution in [0.3, 0.4) is 0 Å². The number of hydrogen-bond donors (Lipinski definition) is 2. The minimum atomic E-state index is -4.75. The molecule has 0 amide bonds. The number of alkyl halides is 3. The Bertz CT molecular complexity index is 588. The molecule has 0 saturated carbocycles. The second-order valence-corrected chi connectivity index (χ2v) is 5.15. The number of morpholine rings is 1. The van der Waals surface area contributed by atoms with Gasteiger partial charge in [0.05, 0.1) is 22.8 Å². The van der Waals surface area contributed by atoms with Crippen LogP contribution in [-0.2, 0) is 10.9 Å². The summed E-state index contributed by atoms with van der Waals surface area (Å²) in [5.74, 6) is 0. The van der Waals surface area contributed by atoms with Crippen molar-refractivity contribution < 1.29 is 17.9 Å². The maximum absolute atomic E-state index is 12.8. The number of nitriles is 1. The number of aromatic nitrogens is 1. The molecule has 0 radical (unpaired) electrons. The van der Waals surface area contributed by atoms with E-state index in [0.29, 0.717) is 25.8 Å². The molecule has 108 valence electrons. The molecule has 0 aromatic carbocycles. The standard InChI is InChI=1S/C11H10F3N3O2S/c12-11(13,14)7-3-8(18)17-10(6(7)4-15)20-9-5-16-1-2-19-9/h3,9,16H,1-2,5H2,(H,17,18). The number of thioether (sulfide) groups is 1. The lowest BCUT2D eigenvalue weighted by atomic mass is 10.1. The fourth-order valence-electron chi connectivity index (χ4n) is 1.71. The largest absolute Gasteiger partial charge is 0.417 e. The molecule has 0 bridgehead atoms. The van der Waals surface area contributed by atoms with Crippen LogP contribution in [0.4, 0.5) is 13.2 Å². The zero-order valence-corrected chi connectivity index (χ0v) is 10.9. The highest BCUT2D eigenvalue weighted by Gasteiger charge is 2.36. The van der Waals surface area contributed by atoms with Gasteiger partial charge in [-0.3, -0.25) is 4.79 Å². The molecule has 1 aliphatic rings. The molecule has 1 aromatic rings. The fraction of sp³-hybridized carbons (Fsp3) is 0.455. The predicted octanol–water partition coefficient (Wildman–Crippen LogP) is 1.30. The van der Waals surface area contributed by atoms with Gasteiger partial charge < -0.3 is 15.0 Å². The Morgan fingerprint density at radius 2 is 2.25 bits per heavy atom. The maximum atomic E-state index is 12.8. The van der Waals surface area contributed by atoms with Gasteiger partial charge in [-0.25, -0.2) is 0 Å². The van der Waals surface area contributed by atoms with E-state index >= 15 is 0 Å².